The molecule has 5 nitrogen and oxygen atoms in total. The maximum Gasteiger partial charge on any atom is 0.328 e. The Kier molecular flexibility index (Phi) is 8.12. The highest BCUT2D eigenvalue weighted by atomic mass is 32.2. The first kappa shape index (κ1) is 22.4. The Morgan fingerprint density at radius 2 is 1.32 bits per heavy atom. The summed E-state index contributed by atoms with van der Waals surface area (Å²) in [5, 5.41) is 2.82. The van der Waals surface area contributed by atoms with Gasteiger partial charge in [0.25, 0.3) is 0 Å². The van der Waals surface area contributed by atoms with Gasteiger partial charge in [-0.15, -0.1) is 0 Å². The summed E-state index contributed by atoms with van der Waals surface area (Å²) in [5.41, 5.74) is 1.64. The Morgan fingerprint density at radius 1 is 0.839 bits per heavy atom. The van der Waals surface area contributed by atoms with Gasteiger partial charge < -0.3 is 10.1 Å². The molecule has 0 aromatic heterocycles. The van der Waals surface area contributed by atoms with E-state index >= 15 is 0 Å². The number of benzene rings is 3. The Bertz CT molecular complexity index is 970. The van der Waals surface area contributed by atoms with E-state index in [2.05, 4.69) is 5.32 Å². The fraction of sp³-hybridized carbons (Fsp3) is 0.200. The topological polar surface area (TPSA) is 72.5 Å². The summed E-state index contributed by atoms with van der Waals surface area (Å²) in [6, 6.07) is 27.0. The highest BCUT2D eigenvalue weighted by Crippen LogP contribution is 2.25. The van der Waals surface area contributed by atoms with Crippen molar-refractivity contribution in [3.63, 3.8) is 0 Å². The third-order valence-corrected chi connectivity index (χ3v) is 6.33. The van der Waals surface area contributed by atoms with Gasteiger partial charge in [0.1, 0.15) is 6.04 Å². The third kappa shape index (κ3) is 6.12. The van der Waals surface area contributed by atoms with Gasteiger partial charge in [-0.05, 0) is 29.7 Å². The molecular weight excluding hydrogens is 410 g/mol. The van der Waals surface area contributed by atoms with Crippen LogP contribution < -0.4 is 5.32 Å². The van der Waals surface area contributed by atoms with Crippen LogP contribution in [0.2, 0.25) is 0 Å². The Labute approximate surface area is 184 Å². The van der Waals surface area contributed by atoms with Crippen molar-refractivity contribution in [3.8, 4) is 0 Å². The van der Waals surface area contributed by atoms with Crippen molar-refractivity contribution < 1.29 is 18.5 Å². The van der Waals surface area contributed by atoms with Gasteiger partial charge in [-0.3, -0.25) is 9.00 Å². The molecule has 0 aliphatic carbocycles. The van der Waals surface area contributed by atoms with Gasteiger partial charge in [0.15, 0.2) is 0 Å². The molecule has 0 radical (unpaired) electrons. The van der Waals surface area contributed by atoms with E-state index in [0.29, 0.717) is 4.90 Å². The van der Waals surface area contributed by atoms with E-state index in [1.54, 1.807) is 12.1 Å². The largest absolute Gasteiger partial charge is 0.467 e. The molecule has 0 aliphatic rings. The summed E-state index contributed by atoms with van der Waals surface area (Å²) in [6.07, 6.45) is 0.205. The number of nitrogens with one attached hydrogen (secondary N) is 1. The van der Waals surface area contributed by atoms with Crippen LogP contribution in [0, 0.1) is 0 Å². The molecule has 0 heterocycles. The van der Waals surface area contributed by atoms with E-state index in [9.17, 15) is 13.8 Å². The monoisotopic (exact) mass is 435 g/mol. The lowest BCUT2D eigenvalue weighted by Crippen LogP contribution is -2.44. The second-order valence-electron chi connectivity index (χ2n) is 6.99. The molecule has 0 saturated heterocycles. The van der Waals surface area contributed by atoms with Gasteiger partial charge in [-0.2, -0.15) is 0 Å². The third-order valence-electron chi connectivity index (χ3n) is 4.93. The molecule has 2 atom stereocenters. The second kappa shape index (κ2) is 11.2. The summed E-state index contributed by atoms with van der Waals surface area (Å²) < 4.78 is 17.5. The van der Waals surface area contributed by atoms with Crippen molar-refractivity contribution in [1.29, 1.82) is 0 Å². The molecule has 0 saturated carbocycles. The van der Waals surface area contributed by atoms with Gasteiger partial charge in [0, 0.05) is 10.6 Å². The number of carbonyl (C=O) groups excluding carboxylic acids is 2. The van der Waals surface area contributed by atoms with Crippen molar-refractivity contribution in [2.75, 3.05) is 12.9 Å². The molecular formula is C25H25NO4S. The van der Waals surface area contributed by atoms with E-state index < -0.39 is 28.7 Å². The molecule has 31 heavy (non-hydrogen) atoms. The summed E-state index contributed by atoms with van der Waals surface area (Å²) in [7, 11) is 0.000211. The van der Waals surface area contributed by atoms with E-state index in [-0.39, 0.29) is 18.1 Å². The Morgan fingerprint density at radius 3 is 1.81 bits per heavy atom. The molecule has 0 spiro atoms. The maximum atomic E-state index is 13.3. The van der Waals surface area contributed by atoms with Crippen LogP contribution >= 0.6 is 0 Å². The number of amides is 1. The van der Waals surface area contributed by atoms with Gasteiger partial charge in [0.2, 0.25) is 5.91 Å². The summed E-state index contributed by atoms with van der Waals surface area (Å²) >= 11 is 0. The zero-order valence-electron chi connectivity index (χ0n) is 17.3. The van der Waals surface area contributed by atoms with Crippen molar-refractivity contribution >= 4 is 22.7 Å². The van der Waals surface area contributed by atoms with E-state index in [1.807, 2.05) is 78.9 Å². The molecule has 3 aromatic carbocycles. The second-order valence-corrected chi connectivity index (χ2v) is 8.56. The van der Waals surface area contributed by atoms with Crippen molar-refractivity contribution in [2.45, 2.75) is 23.3 Å². The van der Waals surface area contributed by atoms with E-state index in [1.165, 1.54) is 7.11 Å². The molecule has 3 aromatic rings. The van der Waals surface area contributed by atoms with E-state index in [0.717, 1.165) is 11.1 Å². The zero-order chi connectivity index (χ0) is 22.1. The smallest absolute Gasteiger partial charge is 0.328 e. The molecule has 0 unspecified atom stereocenters. The van der Waals surface area contributed by atoms with Gasteiger partial charge >= 0.3 is 5.97 Å². The lowest BCUT2D eigenvalue weighted by atomic mass is 9.90. The molecule has 3 rings (SSSR count). The quantitative estimate of drug-likeness (QED) is 0.521. The van der Waals surface area contributed by atoms with Crippen LogP contribution in [-0.2, 0) is 25.1 Å². The predicted octanol–water partition coefficient (Wildman–Crippen LogP) is 3.67. The lowest BCUT2D eigenvalue weighted by Gasteiger charge is -2.22. The number of carbonyl (C=O) groups is 2. The van der Waals surface area contributed by atoms with Crippen LogP contribution in [0.25, 0.3) is 0 Å². The summed E-state index contributed by atoms with van der Waals surface area (Å²) in [5.74, 6) is -1.21. The number of esters is 1. The van der Waals surface area contributed by atoms with Crippen LogP contribution in [0.4, 0.5) is 0 Å². The highest BCUT2D eigenvalue weighted by Gasteiger charge is 2.28. The van der Waals surface area contributed by atoms with Crippen molar-refractivity contribution in [3.05, 3.63) is 102 Å². The number of ether oxygens (including phenoxy) is 1. The van der Waals surface area contributed by atoms with Gasteiger partial charge in [-0.25, -0.2) is 4.79 Å². The fourth-order valence-electron chi connectivity index (χ4n) is 3.35. The molecule has 0 fully saturated rings. The first-order valence-corrected chi connectivity index (χ1v) is 11.3. The van der Waals surface area contributed by atoms with Gasteiger partial charge in [0.05, 0.1) is 23.8 Å². The molecule has 0 bridgehead atoms. The highest BCUT2D eigenvalue weighted by molar-refractivity contribution is 7.85. The fourth-order valence-corrected chi connectivity index (χ4v) is 4.49. The average Bonchev–Trinajstić information content (AvgIpc) is 2.83. The first-order valence-electron chi connectivity index (χ1n) is 10.0. The van der Waals surface area contributed by atoms with Crippen LogP contribution in [-0.4, -0.2) is 35.0 Å². The van der Waals surface area contributed by atoms with Crippen LogP contribution in [0.1, 0.15) is 23.5 Å². The normalized spacial score (nSPS) is 12.7. The van der Waals surface area contributed by atoms with Crippen LogP contribution in [0.5, 0.6) is 0 Å². The molecule has 1 N–H and O–H groups in total. The number of rotatable bonds is 9. The zero-order valence-corrected chi connectivity index (χ0v) is 18.1. The van der Waals surface area contributed by atoms with Crippen LogP contribution in [0.15, 0.2) is 95.9 Å². The molecule has 1 amide bonds. The van der Waals surface area contributed by atoms with Crippen LogP contribution in [0.3, 0.4) is 0 Å². The minimum absolute atomic E-state index is 0.205. The van der Waals surface area contributed by atoms with Crippen molar-refractivity contribution in [1.82, 2.24) is 5.32 Å². The molecule has 6 heteroatoms. The first-order chi connectivity index (χ1) is 15.1. The number of hydrogen-bond acceptors (Lipinski definition) is 4. The average molecular weight is 436 g/mol. The Balaban J connectivity index is 1.78. The van der Waals surface area contributed by atoms with Gasteiger partial charge in [-0.1, -0.05) is 78.9 Å². The Hall–Kier alpha value is -3.25. The standard InChI is InChI=1S/C25H25NO4S/c1-30-25(28)22(17-18-31(29)21-15-9-4-10-16-21)26-24(27)23(19-11-5-2-6-12-19)20-13-7-3-8-14-20/h2-16,22-23H,17-18H2,1H3,(H,26,27)/t22-,31+/m1/s1. The minimum atomic E-state index is -1.28. The molecule has 160 valence electrons. The molecule has 0 aliphatic heterocycles. The maximum absolute atomic E-state index is 13.3. The van der Waals surface area contributed by atoms with E-state index in [4.69, 9.17) is 4.74 Å². The number of methoxy groups -OCH3 is 1. The lowest BCUT2D eigenvalue weighted by molar-refractivity contribution is -0.145. The summed E-state index contributed by atoms with van der Waals surface area (Å²) in [4.78, 5) is 26.3. The SMILES string of the molecule is COC(=O)[C@@H](CC[S@](=O)c1ccccc1)NC(=O)C(c1ccccc1)c1ccccc1. The van der Waals surface area contributed by atoms with Crippen molar-refractivity contribution in [2.24, 2.45) is 0 Å². The summed E-state index contributed by atoms with van der Waals surface area (Å²) in [6.45, 7) is 0. The predicted molar refractivity (Wildman–Crippen MR) is 121 cm³/mol. The number of hydrogen-bond donors (Lipinski definition) is 1. The minimum Gasteiger partial charge on any atom is -0.467 e.